The molecule has 3 heteroatoms. The highest BCUT2D eigenvalue weighted by Crippen LogP contribution is 2.26. The monoisotopic (exact) mass is 279 g/mol. The van der Waals surface area contributed by atoms with E-state index >= 15 is 0 Å². The van der Waals surface area contributed by atoms with Crippen LogP contribution >= 0.6 is 12.4 Å². The van der Waals surface area contributed by atoms with Crippen molar-refractivity contribution in [2.24, 2.45) is 5.92 Å². The molecule has 0 aliphatic carbocycles. The van der Waals surface area contributed by atoms with Crippen LogP contribution in [-0.2, 0) is 6.42 Å². The van der Waals surface area contributed by atoms with Crippen LogP contribution < -0.4 is 5.32 Å². The summed E-state index contributed by atoms with van der Waals surface area (Å²) in [6, 6.07) is 11.4. The Kier molecular flexibility index (Phi) is 4.78. The number of benzene rings is 2. The second-order valence-electron chi connectivity index (χ2n) is 5.15. The van der Waals surface area contributed by atoms with E-state index in [2.05, 4.69) is 5.32 Å². The summed E-state index contributed by atoms with van der Waals surface area (Å²) in [4.78, 5) is 0. The van der Waals surface area contributed by atoms with E-state index in [1.54, 1.807) is 6.07 Å². The molecule has 1 N–H and O–H groups in total. The second-order valence-corrected chi connectivity index (χ2v) is 5.15. The molecule has 1 aliphatic rings. The van der Waals surface area contributed by atoms with Crippen LogP contribution in [0.4, 0.5) is 4.39 Å². The number of halogens is 2. The van der Waals surface area contributed by atoms with E-state index in [9.17, 15) is 4.39 Å². The van der Waals surface area contributed by atoms with Gasteiger partial charge >= 0.3 is 0 Å². The summed E-state index contributed by atoms with van der Waals surface area (Å²) in [6.45, 7) is 2.23. The maximum absolute atomic E-state index is 13.7. The van der Waals surface area contributed by atoms with Crippen molar-refractivity contribution in [3.63, 3.8) is 0 Å². The Labute approximate surface area is 119 Å². The second kappa shape index (κ2) is 6.36. The van der Waals surface area contributed by atoms with Gasteiger partial charge in [-0.2, -0.15) is 0 Å². The number of fused-ring (bicyclic) bond motifs is 1. The van der Waals surface area contributed by atoms with Gasteiger partial charge in [-0.25, -0.2) is 4.39 Å². The van der Waals surface area contributed by atoms with Crippen LogP contribution in [0, 0.1) is 11.7 Å². The highest BCUT2D eigenvalue weighted by molar-refractivity contribution is 5.86. The van der Waals surface area contributed by atoms with Crippen LogP contribution in [0.1, 0.15) is 18.4 Å². The first-order chi connectivity index (χ1) is 8.84. The third-order valence-corrected chi connectivity index (χ3v) is 3.93. The molecule has 0 amide bonds. The topological polar surface area (TPSA) is 12.0 Å². The standard InChI is InChI=1S/C16H18FN.ClH/c17-16-6-5-13(11-12-7-9-18-10-8-12)14-3-1-2-4-15(14)16;/h1-6,12,18H,7-11H2;1H. The van der Waals surface area contributed by atoms with Gasteiger partial charge in [-0.1, -0.05) is 30.3 Å². The molecule has 102 valence electrons. The molecule has 0 spiro atoms. The maximum Gasteiger partial charge on any atom is 0.131 e. The molecule has 1 aliphatic heterocycles. The molecule has 0 aromatic heterocycles. The highest BCUT2D eigenvalue weighted by atomic mass is 35.5. The molecule has 1 fully saturated rings. The van der Waals surface area contributed by atoms with Gasteiger partial charge in [0.2, 0.25) is 0 Å². The zero-order valence-corrected chi connectivity index (χ0v) is 11.7. The first-order valence-electron chi connectivity index (χ1n) is 6.71. The fourth-order valence-corrected chi connectivity index (χ4v) is 2.90. The molecule has 0 saturated carbocycles. The fourth-order valence-electron chi connectivity index (χ4n) is 2.90. The van der Waals surface area contributed by atoms with Crippen molar-refractivity contribution in [2.45, 2.75) is 19.3 Å². The maximum atomic E-state index is 13.7. The van der Waals surface area contributed by atoms with Crippen molar-refractivity contribution >= 4 is 23.2 Å². The Bertz CT molecular complexity index is 549. The van der Waals surface area contributed by atoms with Crippen LogP contribution in [0.3, 0.4) is 0 Å². The minimum absolute atomic E-state index is 0. The molecule has 1 heterocycles. The molecule has 19 heavy (non-hydrogen) atoms. The molecule has 0 atom stereocenters. The average Bonchev–Trinajstić information content (AvgIpc) is 2.44. The normalized spacial score (nSPS) is 16.3. The first-order valence-corrected chi connectivity index (χ1v) is 6.71. The summed E-state index contributed by atoms with van der Waals surface area (Å²) in [7, 11) is 0. The van der Waals surface area contributed by atoms with Crippen molar-refractivity contribution in [1.29, 1.82) is 0 Å². The van der Waals surface area contributed by atoms with E-state index in [1.807, 2.05) is 30.3 Å². The van der Waals surface area contributed by atoms with E-state index in [0.29, 0.717) is 0 Å². The number of nitrogens with one attached hydrogen (secondary N) is 1. The Morgan fingerprint density at radius 2 is 1.68 bits per heavy atom. The Morgan fingerprint density at radius 3 is 2.42 bits per heavy atom. The molecule has 2 aromatic rings. The molecule has 3 rings (SSSR count). The number of hydrogen-bond acceptors (Lipinski definition) is 1. The SMILES string of the molecule is Cl.Fc1ccc(CC2CCNCC2)c2ccccc12. The van der Waals surface area contributed by atoms with Crippen molar-refractivity contribution in [3.8, 4) is 0 Å². The number of piperidine rings is 1. The van der Waals surface area contributed by atoms with Gasteiger partial charge in [0.15, 0.2) is 0 Å². The molecule has 0 bridgehead atoms. The lowest BCUT2D eigenvalue weighted by atomic mass is 9.89. The van der Waals surface area contributed by atoms with E-state index in [-0.39, 0.29) is 18.2 Å². The molecule has 1 saturated heterocycles. The summed E-state index contributed by atoms with van der Waals surface area (Å²) in [5.74, 6) is 0.625. The van der Waals surface area contributed by atoms with Crippen LogP contribution in [0.2, 0.25) is 0 Å². The van der Waals surface area contributed by atoms with Crippen molar-refractivity contribution in [2.75, 3.05) is 13.1 Å². The van der Waals surface area contributed by atoms with E-state index in [0.717, 1.165) is 36.2 Å². The predicted octanol–water partition coefficient (Wildman–Crippen LogP) is 3.94. The zero-order chi connectivity index (χ0) is 12.4. The minimum Gasteiger partial charge on any atom is -0.317 e. The Morgan fingerprint density at radius 1 is 1.00 bits per heavy atom. The largest absolute Gasteiger partial charge is 0.317 e. The van der Waals surface area contributed by atoms with Gasteiger partial charge < -0.3 is 5.32 Å². The van der Waals surface area contributed by atoms with Crippen molar-refractivity contribution in [1.82, 2.24) is 5.32 Å². The van der Waals surface area contributed by atoms with Gasteiger partial charge in [-0.15, -0.1) is 12.4 Å². The number of hydrogen-bond donors (Lipinski definition) is 1. The van der Waals surface area contributed by atoms with Crippen LogP contribution in [0.15, 0.2) is 36.4 Å². The van der Waals surface area contributed by atoms with E-state index in [4.69, 9.17) is 0 Å². The summed E-state index contributed by atoms with van der Waals surface area (Å²) < 4.78 is 13.7. The molecule has 0 radical (unpaired) electrons. The Balaban J connectivity index is 0.00000133. The summed E-state index contributed by atoms with van der Waals surface area (Å²) >= 11 is 0. The fraction of sp³-hybridized carbons (Fsp3) is 0.375. The Hall–Kier alpha value is -1.12. The number of rotatable bonds is 2. The van der Waals surface area contributed by atoms with E-state index in [1.165, 1.54) is 18.4 Å². The lowest BCUT2D eigenvalue weighted by molar-refractivity contribution is 0.373. The highest BCUT2D eigenvalue weighted by Gasteiger charge is 2.15. The van der Waals surface area contributed by atoms with Crippen molar-refractivity contribution in [3.05, 3.63) is 47.8 Å². The molecular weight excluding hydrogens is 261 g/mol. The van der Waals surface area contributed by atoms with Gasteiger partial charge in [0.25, 0.3) is 0 Å². The smallest absolute Gasteiger partial charge is 0.131 e. The van der Waals surface area contributed by atoms with Crippen molar-refractivity contribution < 1.29 is 4.39 Å². The lowest BCUT2D eigenvalue weighted by Crippen LogP contribution is -2.28. The molecule has 2 aromatic carbocycles. The average molecular weight is 280 g/mol. The van der Waals surface area contributed by atoms with Gasteiger partial charge in [-0.3, -0.25) is 0 Å². The van der Waals surface area contributed by atoms with Gasteiger partial charge in [0.1, 0.15) is 5.82 Å². The summed E-state index contributed by atoms with van der Waals surface area (Å²) in [5, 5.41) is 5.22. The molecule has 1 nitrogen and oxygen atoms in total. The van der Waals surface area contributed by atoms with Crippen LogP contribution in [0.25, 0.3) is 10.8 Å². The quantitative estimate of drug-likeness (QED) is 0.878. The summed E-state index contributed by atoms with van der Waals surface area (Å²) in [6.07, 6.45) is 3.53. The zero-order valence-electron chi connectivity index (χ0n) is 10.9. The van der Waals surface area contributed by atoms with Gasteiger partial charge in [-0.05, 0) is 55.3 Å². The third kappa shape index (κ3) is 3.07. The third-order valence-electron chi connectivity index (χ3n) is 3.93. The molecular formula is C16H19ClFN. The van der Waals surface area contributed by atoms with Crippen LogP contribution in [0.5, 0.6) is 0 Å². The predicted molar refractivity (Wildman–Crippen MR) is 80.5 cm³/mol. The van der Waals surface area contributed by atoms with Gasteiger partial charge in [0.05, 0.1) is 0 Å². The lowest BCUT2D eigenvalue weighted by Gasteiger charge is -2.23. The van der Waals surface area contributed by atoms with E-state index < -0.39 is 0 Å². The van der Waals surface area contributed by atoms with Crippen LogP contribution in [-0.4, -0.2) is 13.1 Å². The van der Waals surface area contributed by atoms with Gasteiger partial charge in [0, 0.05) is 5.39 Å². The summed E-state index contributed by atoms with van der Waals surface area (Å²) in [5.41, 5.74) is 1.29. The first kappa shape index (κ1) is 14.3. The molecule has 0 unspecified atom stereocenters. The minimum atomic E-state index is -0.111.